The Labute approximate surface area is 172 Å². The van der Waals surface area contributed by atoms with Crippen molar-refractivity contribution in [1.82, 2.24) is 20.5 Å². The number of aromatic nitrogens is 1. The number of pyridine rings is 1. The zero-order valence-corrected chi connectivity index (χ0v) is 17.2. The number of halogens is 1. The van der Waals surface area contributed by atoms with Crippen LogP contribution < -0.4 is 10.6 Å². The number of methoxy groups -OCH3 is 1. The van der Waals surface area contributed by atoms with Gasteiger partial charge in [0, 0.05) is 58.1 Å². The van der Waals surface area contributed by atoms with Gasteiger partial charge in [0.25, 0.3) is 0 Å². The second kappa shape index (κ2) is 10.9. The van der Waals surface area contributed by atoms with Gasteiger partial charge in [-0.25, -0.2) is 4.39 Å². The fourth-order valence-electron chi connectivity index (χ4n) is 3.53. The number of benzene rings is 1. The molecule has 0 saturated carbocycles. The Balaban J connectivity index is 1.44. The van der Waals surface area contributed by atoms with Crippen LogP contribution >= 0.6 is 0 Å². The molecule has 6 nitrogen and oxygen atoms in total. The summed E-state index contributed by atoms with van der Waals surface area (Å²) in [6, 6.07) is 11.5. The lowest BCUT2D eigenvalue weighted by molar-refractivity contribution is 0.181. The van der Waals surface area contributed by atoms with Gasteiger partial charge in [-0.2, -0.15) is 0 Å². The number of piperidine rings is 1. The van der Waals surface area contributed by atoms with Crippen LogP contribution in [0.25, 0.3) is 0 Å². The first-order chi connectivity index (χ1) is 14.2. The largest absolute Gasteiger partial charge is 0.380 e. The van der Waals surface area contributed by atoms with Crippen LogP contribution in [0.3, 0.4) is 0 Å². The van der Waals surface area contributed by atoms with Gasteiger partial charge in [0.15, 0.2) is 5.96 Å². The lowest BCUT2D eigenvalue weighted by Gasteiger charge is -2.32. The van der Waals surface area contributed by atoms with Crippen molar-refractivity contribution in [3.63, 3.8) is 0 Å². The minimum absolute atomic E-state index is 0.240. The molecule has 2 N–H and O–H groups in total. The molecular weight excluding hydrogens is 369 g/mol. The van der Waals surface area contributed by atoms with Crippen molar-refractivity contribution in [2.75, 3.05) is 27.2 Å². The molecule has 0 amide bonds. The lowest BCUT2D eigenvalue weighted by Crippen LogP contribution is -2.48. The molecule has 156 valence electrons. The van der Waals surface area contributed by atoms with Gasteiger partial charge in [0.05, 0.1) is 12.3 Å². The van der Waals surface area contributed by atoms with Crippen molar-refractivity contribution in [1.29, 1.82) is 0 Å². The van der Waals surface area contributed by atoms with E-state index in [9.17, 15) is 4.39 Å². The topological polar surface area (TPSA) is 61.8 Å². The summed E-state index contributed by atoms with van der Waals surface area (Å²) in [5.74, 6) is 0.529. The van der Waals surface area contributed by atoms with Crippen LogP contribution in [0, 0.1) is 5.82 Å². The van der Waals surface area contributed by atoms with Crippen molar-refractivity contribution in [2.45, 2.75) is 38.6 Å². The van der Waals surface area contributed by atoms with E-state index in [0.29, 0.717) is 18.2 Å². The second-order valence-electron chi connectivity index (χ2n) is 7.30. The van der Waals surface area contributed by atoms with Crippen molar-refractivity contribution >= 4 is 5.96 Å². The number of aliphatic imine (C=N–C) groups is 1. The van der Waals surface area contributed by atoms with Crippen molar-refractivity contribution < 1.29 is 9.13 Å². The summed E-state index contributed by atoms with van der Waals surface area (Å²) in [6.07, 6.45) is 3.96. The first-order valence-electron chi connectivity index (χ1n) is 10.0. The van der Waals surface area contributed by atoms with E-state index in [0.717, 1.165) is 49.7 Å². The maximum atomic E-state index is 13.8. The number of nitrogens with one attached hydrogen (secondary N) is 2. The van der Waals surface area contributed by atoms with Gasteiger partial charge in [-0.3, -0.25) is 14.9 Å². The van der Waals surface area contributed by atoms with Crippen LogP contribution in [-0.2, 0) is 24.4 Å². The number of ether oxygens (including phenoxy) is 1. The second-order valence-corrected chi connectivity index (χ2v) is 7.30. The molecule has 29 heavy (non-hydrogen) atoms. The van der Waals surface area contributed by atoms with Gasteiger partial charge in [0.1, 0.15) is 5.82 Å². The third-order valence-corrected chi connectivity index (χ3v) is 5.13. The Morgan fingerprint density at radius 2 is 2.10 bits per heavy atom. The van der Waals surface area contributed by atoms with Gasteiger partial charge in [-0.15, -0.1) is 0 Å². The molecular formula is C22H30FN5O. The molecule has 3 rings (SSSR count). The molecule has 0 atom stereocenters. The predicted molar refractivity (Wildman–Crippen MR) is 113 cm³/mol. The molecule has 0 unspecified atom stereocenters. The smallest absolute Gasteiger partial charge is 0.191 e. The maximum Gasteiger partial charge on any atom is 0.191 e. The number of hydrogen-bond acceptors (Lipinski definition) is 4. The Kier molecular flexibility index (Phi) is 7.95. The molecule has 0 aliphatic carbocycles. The first kappa shape index (κ1) is 21.2. The van der Waals surface area contributed by atoms with Crippen LogP contribution in [-0.4, -0.2) is 49.1 Å². The molecule has 1 saturated heterocycles. The van der Waals surface area contributed by atoms with E-state index in [-0.39, 0.29) is 12.4 Å². The number of hydrogen-bond donors (Lipinski definition) is 2. The van der Waals surface area contributed by atoms with Gasteiger partial charge in [-0.05, 0) is 42.7 Å². The lowest BCUT2D eigenvalue weighted by atomic mass is 10.0. The minimum Gasteiger partial charge on any atom is -0.380 e. The van der Waals surface area contributed by atoms with E-state index < -0.39 is 0 Å². The third kappa shape index (κ3) is 6.51. The summed E-state index contributed by atoms with van der Waals surface area (Å²) in [7, 11) is 3.34. The Bertz CT molecular complexity index is 791. The fourth-order valence-corrected chi connectivity index (χ4v) is 3.53. The third-order valence-electron chi connectivity index (χ3n) is 5.13. The highest BCUT2D eigenvalue weighted by molar-refractivity contribution is 5.79. The first-order valence-corrected chi connectivity index (χ1v) is 10.0. The van der Waals surface area contributed by atoms with Crippen LogP contribution in [0.5, 0.6) is 0 Å². The van der Waals surface area contributed by atoms with E-state index in [2.05, 4.69) is 31.6 Å². The van der Waals surface area contributed by atoms with Crippen LogP contribution in [0.15, 0.2) is 47.6 Å². The maximum absolute atomic E-state index is 13.8. The molecule has 0 radical (unpaired) electrons. The van der Waals surface area contributed by atoms with E-state index >= 15 is 0 Å². The minimum atomic E-state index is -0.240. The predicted octanol–water partition coefficient (Wildman–Crippen LogP) is 2.70. The highest BCUT2D eigenvalue weighted by Gasteiger charge is 2.20. The zero-order chi connectivity index (χ0) is 20.5. The van der Waals surface area contributed by atoms with Crippen LogP contribution in [0.2, 0.25) is 0 Å². The van der Waals surface area contributed by atoms with E-state index in [4.69, 9.17) is 4.74 Å². The highest BCUT2D eigenvalue weighted by atomic mass is 19.1. The quantitative estimate of drug-likeness (QED) is 0.554. The summed E-state index contributed by atoms with van der Waals surface area (Å²) >= 11 is 0. The highest BCUT2D eigenvalue weighted by Crippen LogP contribution is 2.14. The molecule has 1 aromatic heterocycles. The van der Waals surface area contributed by atoms with E-state index in [1.54, 1.807) is 20.2 Å². The van der Waals surface area contributed by atoms with Crippen molar-refractivity contribution in [3.8, 4) is 0 Å². The van der Waals surface area contributed by atoms with Gasteiger partial charge in [-0.1, -0.05) is 12.1 Å². The standard InChI is InChI=1S/C22H30FN5O/c1-24-22(26-14-17-6-7-21(23)18(13-17)16-29-2)27-19-8-11-28(12-9-19)15-20-5-3-4-10-25-20/h3-7,10,13,19H,8-9,11-12,14-16H2,1-2H3,(H2,24,26,27). The molecule has 7 heteroatoms. The number of rotatable bonds is 7. The number of likely N-dealkylation sites (tertiary alicyclic amines) is 1. The summed E-state index contributed by atoms with van der Waals surface area (Å²) < 4.78 is 18.8. The van der Waals surface area contributed by atoms with Crippen LogP contribution in [0.1, 0.15) is 29.7 Å². The Hall–Kier alpha value is -2.51. The average Bonchev–Trinajstić information content (AvgIpc) is 2.75. The molecule has 1 aromatic carbocycles. The average molecular weight is 400 g/mol. The molecule has 0 spiro atoms. The van der Waals surface area contributed by atoms with E-state index in [1.807, 2.05) is 24.4 Å². The summed E-state index contributed by atoms with van der Waals surface area (Å²) in [4.78, 5) is 11.2. The fraction of sp³-hybridized carbons (Fsp3) is 0.455. The van der Waals surface area contributed by atoms with Crippen LogP contribution in [0.4, 0.5) is 4.39 Å². The molecule has 0 bridgehead atoms. The number of nitrogens with zero attached hydrogens (tertiary/aromatic N) is 3. The molecule has 2 aromatic rings. The van der Waals surface area contributed by atoms with Gasteiger partial charge in [0.2, 0.25) is 0 Å². The van der Waals surface area contributed by atoms with Gasteiger partial charge < -0.3 is 15.4 Å². The molecule has 2 heterocycles. The van der Waals surface area contributed by atoms with Crippen molar-refractivity contribution in [2.24, 2.45) is 4.99 Å². The monoisotopic (exact) mass is 399 g/mol. The zero-order valence-electron chi connectivity index (χ0n) is 17.2. The van der Waals surface area contributed by atoms with E-state index in [1.165, 1.54) is 6.07 Å². The Morgan fingerprint density at radius 3 is 2.79 bits per heavy atom. The molecule has 1 fully saturated rings. The summed E-state index contributed by atoms with van der Waals surface area (Å²) in [5.41, 5.74) is 2.67. The molecule has 1 aliphatic heterocycles. The van der Waals surface area contributed by atoms with Crippen molar-refractivity contribution in [3.05, 3.63) is 65.2 Å². The summed E-state index contributed by atoms with van der Waals surface area (Å²) in [5, 5.41) is 6.83. The Morgan fingerprint density at radius 1 is 1.28 bits per heavy atom. The SMILES string of the molecule is CN=C(NCc1ccc(F)c(COC)c1)NC1CCN(Cc2ccccn2)CC1. The summed E-state index contributed by atoms with van der Waals surface area (Å²) in [6.45, 7) is 3.81. The number of guanidine groups is 1. The normalized spacial score (nSPS) is 16.0. The molecule has 1 aliphatic rings. The van der Waals surface area contributed by atoms with Gasteiger partial charge >= 0.3 is 0 Å².